The number of para-hydroxylation sites is 1. The molecule has 3 heterocycles. The van der Waals surface area contributed by atoms with Gasteiger partial charge >= 0.3 is 0 Å². The molecule has 1 N–H and O–H groups in total. The standard InChI is InChI=1S/C19H19N5O3S/c1-24(15-7-9-28(26,27)12-15)19-21-10-14(11-22-19)18(25)23-16-6-2-4-13-5-3-8-20-17(13)16/h2-6,8,10-11,15H,7,9,12H2,1H3,(H,23,25). The molecule has 1 unspecified atom stereocenters. The molecule has 0 aliphatic carbocycles. The van der Waals surface area contributed by atoms with Crippen molar-refractivity contribution in [3.63, 3.8) is 0 Å². The van der Waals surface area contributed by atoms with Crippen molar-refractivity contribution in [3.05, 3.63) is 54.5 Å². The third kappa shape index (κ3) is 3.65. The van der Waals surface area contributed by atoms with Gasteiger partial charge in [0.05, 0.1) is 28.3 Å². The average Bonchev–Trinajstić information content (AvgIpc) is 3.07. The molecule has 1 aliphatic heterocycles. The summed E-state index contributed by atoms with van der Waals surface area (Å²) in [7, 11) is -1.22. The molecule has 1 fully saturated rings. The van der Waals surface area contributed by atoms with Gasteiger partial charge in [0.1, 0.15) is 0 Å². The molecule has 144 valence electrons. The molecule has 0 spiro atoms. The van der Waals surface area contributed by atoms with E-state index in [2.05, 4.69) is 20.3 Å². The van der Waals surface area contributed by atoms with E-state index in [4.69, 9.17) is 0 Å². The fraction of sp³-hybridized carbons (Fsp3) is 0.263. The first-order valence-electron chi connectivity index (χ1n) is 8.83. The fourth-order valence-electron chi connectivity index (χ4n) is 3.26. The number of pyridine rings is 1. The Labute approximate surface area is 162 Å². The van der Waals surface area contributed by atoms with E-state index in [1.165, 1.54) is 12.4 Å². The predicted octanol–water partition coefficient (Wildman–Crippen LogP) is 1.90. The first-order chi connectivity index (χ1) is 13.4. The van der Waals surface area contributed by atoms with Crippen LogP contribution in [0.3, 0.4) is 0 Å². The van der Waals surface area contributed by atoms with Crippen molar-refractivity contribution in [3.8, 4) is 0 Å². The van der Waals surface area contributed by atoms with Gasteiger partial charge in [-0.25, -0.2) is 18.4 Å². The highest BCUT2D eigenvalue weighted by Gasteiger charge is 2.31. The summed E-state index contributed by atoms with van der Waals surface area (Å²) in [5, 5.41) is 3.77. The van der Waals surface area contributed by atoms with Crippen LogP contribution < -0.4 is 10.2 Å². The van der Waals surface area contributed by atoms with Gasteiger partial charge in [0.25, 0.3) is 5.91 Å². The van der Waals surface area contributed by atoms with E-state index in [0.717, 1.165) is 5.39 Å². The molecular formula is C19H19N5O3S. The molecule has 1 saturated heterocycles. The second-order valence-corrected chi connectivity index (χ2v) is 9.00. The number of carbonyl (C=O) groups is 1. The molecule has 0 bridgehead atoms. The minimum atomic E-state index is -2.99. The maximum Gasteiger partial charge on any atom is 0.258 e. The zero-order valence-electron chi connectivity index (χ0n) is 15.2. The monoisotopic (exact) mass is 397 g/mol. The number of nitrogens with one attached hydrogen (secondary N) is 1. The molecule has 4 rings (SSSR count). The van der Waals surface area contributed by atoms with E-state index in [-0.39, 0.29) is 23.5 Å². The van der Waals surface area contributed by atoms with Gasteiger partial charge in [-0.1, -0.05) is 18.2 Å². The maximum atomic E-state index is 12.6. The highest BCUT2D eigenvalue weighted by molar-refractivity contribution is 7.91. The number of hydrogen-bond donors (Lipinski definition) is 1. The summed E-state index contributed by atoms with van der Waals surface area (Å²) < 4.78 is 23.3. The second kappa shape index (κ2) is 7.16. The van der Waals surface area contributed by atoms with Gasteiger partial charge < -0.3 is 10.2 Å². The van der Waals surface area contributed by atoms with E-state index in [1.54, 1.807) is 24.2 Å². The second-order valence-electron chi connectivity index (χ2n) is 6.77. The number of anilines is 2. The number of benzene rings is 1. The Morgan fingerprint density at radius 2 is 1.89 bits per heavy atom. The SMILES string of the molecule is CN(c1ncc(C(=O)Nc2cccc3cccnc23)cn1)C1CCS(=O)(=O)C1. The van der Waals surface area contributed by atoms with Crippen LogP contribution in [0.1, 0.15) is 16.8 Å². The van der Waals surface area contributed by atoms with Crippen molar-refractivity contribution in [2.45, 2.75) is 12.5 Å². The molecule has 0 radical (unpaired) electrons. The van der Waals surface area contributed by atoms with Crippen LogP contribution >= 0.6 is 0 Å². The Morgan fingerprint density at radius 1 is 1.14 bits per heavy atom. The summed E-state index contributed by atoms with van der Waals surface area (Å²) in [6.45, 7) is 0. The Hall–Kier alpha value is -3.07. The fourth-order valence-corrected chi connectivity index (χ4v) is 5.04. The Kier molecular flexibility index (Phi) is 4.68. The maximum absolute atomic E-state index is 12.6. The lowest BCUT2D eigenvalue weighted by molar-refractivity contribution is 0.102. The van der Waals surface area contributed by atoms with Crippen LogP contribution in [0.5, 0.6) is 0 Å². The summed E-state index contributed by atoms with van der Waals surface area (Å²) >= 11 is 0. The number of amides is 1. The van der Waals surface area contributed by atoms with Gasteiger partial charge in [0.15, 0.2) is 9.84 Å². The molecule has 2 aromatic heterocycles. The first kappa shape index (κ1) is 18.3. The molecule has 1 atom stereocenters. The Balaban J connectivity index is 1.50. The quantitative estimate of drug-likeness (QED) is 0.717. The highest BCUT2D eigenvalue weighted by atomic mass is 32.2. The van der Waals surface area contributed by atoms with Gasteiger partial charge in [-0.2, -0.15) is 0 Å². The number of sulfone groups is 1. The number of aromatic nitrogens is 3. The van der Waals surface area contributed by atoms with Crippen molar-refractivity contribution in [1.82, 2.24) is 15.0 Å². The van der Waals surface area contributed by atoms with E-state index >= 15 is 0 Å². The van der Waals surface area contributed by atoms with Crippen molar-refractivity contribution >= 4 is 38.3 Å². The molecule has 9 heteroatoms. The van der Waals surface area contributed by atoms with Gasteiger partial charge in [-0.05, 0) is 18.6 Å². The van der Waals surface area contributed by atoms with Crippen LogP contribution in [-0.2, 0) is 9.84 Å². The van der Waals surface area contributed by atoms with Crippen molar-refractivity contribution in [2.24, 2.45) is 0 Å². The summed E-state index contributed by atoms with van der Waals surface area (Å²) in [5.41, 5.74) is 1.63. The van der Waals surface area contributed by atoms with Crippen LogP contribution in [0.15, 0.2) is 48.9 Å². The first-order valence-corrected chi connectivity index (χ1v) is 10.7. The van der Waals surface area contributed by atoms with Gasteiger partial charge in [0.2, 0.25) is 5.95 Å². The van der Waals surface area contributed by atoms with E-state index in [1.807, 2.05) is 24.3 Å². The third-order valence-corrected chi connectivity index (χ3v) is 6.60. The van der Waals surface area contributed by atoms with E-state index < -0.39 is 9.84 Å². The third-order valence-electron chi connectivity index (χ3n) is 4.85. The molecule has 8 nitrogen and oxygen atoms in total. The molecular weight excluding hydrogens is 378 g/mol. The number of rotatable bonds is 4. The minimum Gasteiger partial charge on any atom is -0.340 e. The van der Waals surface area contributed by atoms with E-state index in [9.17, 15) is 13.2 Å². The normalized spacial score (nSPS) is 18.1. The lowest BCUT2D eigenvalue weighted by atomic mass is 10.2. The van der Waals surface area contributed by atoms with Crippen LogP contribution in [0.4, 0.5) is 11.6 Å². The molecule has 28 heavy (non-hydrogen) atoms. The molecule has 1 aliphatic rings. The zero-order chi connectivity index (χ0) is 19.7. The van der Waals surface area contributed by atoms with Gasteiger partial charge in [-0.3, -0.25) is 9.78 Å². The Bertz CT molecular complexity index is 1130. The van der Waals surface area contributed by atoms with E-state index in [0.29, 0.717) is 29.1 Å². The van der Waals surface area contributed by atoms with Crippen LogP contribution in [0.2, 0.25) is 0 Å². The summed E-state index contributed by atoms with van der Waals surface area (Å²) in [6.07, 6.45) is 5.11. The van der Waals surface area contributed by atoms with Crippen LogP contribution in [0, 0.1) is 0 Å². The summed E-state index contributed by atoms with van der Waals surface area (Å²) in [6, 6.07) is 9.18. The lowest BCUT2D eigenvalue weighted by Crippen LogP contribution is -2.34. The highest BCUT2D eigenvalue weighted by Crippen LogP contribution is 2.22. The van der Waals surface area contributed by atoms with Crippen molar-refractivity contribution in [1.29, 1.82) is 0 Å². The number of carbonyl (C=O) groups excluding carboxylic acids is 1. The van der Waals surface area contributed by atoms with Gasteiger partial charge in [-0.15, -0.1) is 0 Å². The minimum absolute atomic E-state index is 0.100. The topological polar surface area (TPSA) is 105 Å². The van der Waals surface area contributed by atoms with Gasteiger partial charge in [0, 0.05) is 37.1 Å². The predicted molar refractivity (Wildman–Crippen MR) is 107 cm³/mol. The number of nitrogens with zero attached hydrogens (tertiary/aromatic N) is 4. The van der Waals surface area contributed by atoms with Crippen molar-refractivity contribution in [2.75, 3.05) is 28.8 Å². The van der Waals surface area contributed by atoms with Crippen molar-refractivity contribution < 1.29 is 13.2 Å². The molecule has 1 aromatic carbocycles. The average molecular weight is 397 g/mol. The van der Waals surface area contributed by atoms with Crippen LogP contribution in [-0.4, -0.2) is 53.9 Å². The summed E-state index contributed by atoms with van der Waals surface area (Å²) in [5.74, 6) is 0.339. The number of fused-ring (bicyclic) bond motifs is 1. The zero-order valence-corrected chi connectivity index (χ0v) is 16.1. The number of hydrogen-bond acceptors (Lipinski definition) is 7. The van der Waals surface area contributed by atoms with Crippen LogP contribution in [0.25, 0.3) is 10.9 Å². The summed E-state index contributed by atoms with van der Waals surface area (Å²) in [4.78, 5) is 27.1. The Morgan fingerprint density at radius 3 is 2.61 bits per heavy atom. The molecule has 3 aromatic rings. The smallest absolute Gasteiger partial charge is 0.258 e. The largest absolute Gasteiger partial charge is 0.340 e. The lowest BCUT2D eigenvalue weighted by Gasteiger charge is -2.23. The molecule has 0 saturated carbocycles. The molecule has 1 amide bonds.